The monoisotopic (exact) mass is 555 g/mol. The van der Waals surface area contributed by atoms with Crippen LogP contribution in [0.3, 0.4) is 0 Å². The SMILES string of the molecule is ClCCl.Nc1ccc(Br)cc1C=O.Nc1ccc(Br)cc1CO.[O]=[Mn]. The van der Waals surface area contributed by atoms with E-state index in [0.717, 1.165) is 20.8 Å². The van der Waals surface area contributed by atoms with Crippen LogP contribution in [0.5, 0.6) is 0 Å². The van der Waals surface area contributed by atoms with Gasteiger partial charge in [-0.2, -0.15) is 0 Å². The van der Waals surface area contributed by atoms with Gasteiger partial charge in [-0.05, 0) is 36.4 Å². The second-order valence-electron chi connectivity index (χ2n) is 3.99. The second kappa shape index (κ2) is 17.0. The van der Waals surface area contributed by atoms with Crippen LogP contribution in [-0.2, 0) is 26.4 Å². The van der Waals surface area contributed by atoms with Crippen LogP contribution < -0.4 is 11.5 Å². The molecule has 0 aromatic heterocycles. The Morgan fingerprint density at radius 3 is 1.80 bits per heavy atom. The summed E-state index contributed by atoms with van der Waals surface area (Å²) in [7, 11) is 0. The summed E-state index contributed by atoms with van der Waals surface area (Å²) in [5.74, 6) is 0. The average molecular weight is 558 g/mol. The van der Waals surface area contributed by atoms with Gasteiger partial charge < -0.3 is 16.6 Å². The number of hydrogen-bond acceptors (Lipinski definition) is 5. The molecule has 0 aliphatic heterocycles. The van der Waals surface area contributed by atoms with Crippen molar-refractivity contribution in [2.24, 2.45) is 0 Å². The minimum atomic E-state index is -0.00866. The number of rotatable bonds is 2. The molecule has 0 saturated heterocycles. The number of hydrogen-bond donors (Lipinski definition) is 3. The predicted octanol–water partition coefficient (Wildman–Crippen LogP) is 4.67. The predicted molar refractivity (Wildman–Crippen MR) is 106 cm³/mol. The van der Waals surface area contributed by atoms with Crippen molar-refractivity contribution in [3.05, 3.63) is 56.5 Å². The van der Waals surface area contributed by atoms with Gasteiger partial charge in [0.25, 0.3) is 0 Å². The maximum absolute atomic E-state index is 10.3. The molecule has 5 nitrogen and oxygen atoms in total. The summed E-state index contributed by atoms with van der Waals surface area (Å²) >= 11 is 17.7. The summed E-state index contributed by atoms with van der Waals surface area (Å²) < 4.78 is 9.86. The summed E-state index contributed by atoms with van der Waals surface area (Å²) in [6.07, 6.45) is 0.736. The number of carbonyl (C=O) groups excluding carboxylic acids is 1. The van der Waals surface area contributed by atoms with E-state index in [2.05, 4.69) is 31.9 Å². The van der Waals surface area contributed by atoms with E-state index in [1.165, 1.54) is 0 Å². The van der Waals surface area contributed by atoms with Crippen molar-refractivity contribution >= 4 is 72.7 Å². The molecule has 2 rings (SSSR count). The van der Waals surface area contributed by atoms with Crippen LogP contribution in [0, 0.1) is 0 Å². The molecule has 0 fully saturated rings. The molecule has 139 valence electrons. The summed E-state index contributed by atoms with van der Waals surface area (Å²) in [5, 5.41) is 8.94. The van der Waals surface area contributed by atoms with Gasteiger partial charge in [0.2, 0.25) is 0 Å². The van der Waals surface area contributed by atoms with Crippen LogP contribution in [0.2, 0.25) is 0 Å². The van der Waals surface area contributed by atoms with Crippen molar-refractivity contribution in [1.29, 1.82) is 0 Å². The Balaban J connectivity index is 0. The minimum absolute atomic E-state index is 0.00866. The molecule has 0 spiro atoms. The van der Waals surface area contributed by atoms with E-state index in [9.17, 15) is 4.79 Å². The first kappa shape index (κ1) is 26.8. The third-order valence-corrected chi connectivity index (χ3v) is 3.44. The number of benzene rings is 2. The number of nitrogens with two attached hydrogens (primary N) is 2. The summed E-state index contributed by atoms with van der Waals surface area (Å²) in [6.45, 7) is -0.00866. The fourth-order valence-electron chi connectivity index (χ4n) is 1.36. The van der Waals surface area contributed by atoms with Crippen molar-refractivity contribution in [2.45, 2.75) is 6.61 Å². The number of halogens is 4. The van der Waals surface area contributed by atoms with Crippen molar-refractivity contribution in [1.82, 2.24) is 0 Å². The Morgan fingerprint density at radius 2 is 1.44 bits per heavy atom. The van der Waals surface area contributed by atoms with Crippen LogP contribution in [0.15, 0.2) is 45.3 Å². The van der Waals surface area contributed by atoms with Crippen molar-refractivity contribution < 1.29 is 29.7 Å². The van der Waals surface area contributed by atoms with E-state index in [4.69, 9.17) is 43.6 Å². The average Bonchev–Trinajstić information content (AvgIpc) is 2.62. The molecule has 25 heavy (non-hydrogen) atoms. The van der Waals surface area contributed by atoms with Gasteiger partial charge in [0.1, 0.15) is 0 Å². The van der Waals surface area contributed by atoms with Gasteiger partial charge in [-0.15, -0.1) is 23.2 Å². The van der Waals surface area contributed by atoms with Crippen molar-refractivity contribution in [2.75, 3.05) is 16.8 Å². The second-order valence-corrected chi connectivity index (χ2v) is 6.63. The van der Waals surface area contributed by atoms with E-state index in [1.54, 1.807) is 46.3 Å². The summed E-state index contributed by atoms with van der Waals surface area (Å²) in [5.41, 5.74) is 13.4. The molecule has 5 N–H and O–H groups in total. The molecule has 2 aromatic rings. The molecule has 0 heterocycles. The van der Waals surface area contributed by atoms with Crippen LogP contribution in [-0.4, -0.2) is 16.7 Å². The molecule has 0 amide bonds. The molecule has 0 saturated carbocycles. The van der Waals surface area contributed by atoms with Crippen LogP contribution in [0.25, 0.3) is 0 Å². The first-order chi connectivity index (χ1) is 11.9. The standard InChI is InChI=1S/C7H8BrNO.C7H6BrNO.CH2Cl2.Mn.O/c2*8-6-1-2-7(9)5(3-6)4-10;2-1-3;;/h1-3,10H,4,9H2;1-4H,9H2;1H2;;. The van der Waals surface area contributed by atoms with Gasteiger partial charge in [-0.25, -0.2) is 0 Å². The first-order valence-corrected chi connectivity index (χ1v) is 9.45. The number of aldehydes is 1. The van der Waals surface area contributed by atoms with Gasteiger partial charge in [0, 0.05) is 31.4 Å². The Kier molecular flexibility index (Phi) is 18.2. The van der Waals surface area contributed by atoms with Crippen LogP contribution in [0.1, 0.15) is 15.9 Å². The quantitative estimate of drug-likeness (QED) is 0.215. The molecule has 0 bridgehead atoms. The van der Waals surface area contributed by atoms with E-state index in [1.807, 2.05) is 6.07 Å². The fraction of sp³-hybridized carbons (Fsp3) is 0.133. The molecule has 0 aliphatic carbocycles. The van der Waals surface area contributed by atoms with Gasteiger partial charge in [0.15, 0.2) is 6.29 Å². The van der Waals surface area contributed by atoms with Gasteiger partial charge in [-0.1, -0.05) is 31.9 Å². The Bertz CT molecular complexity index is 652. The molecular formula is C15H16Br2Cl2MnN2O3. The third-order valence-electron chi connectivity index (χ3n) is 2.45. The van der Waals surface area contributed by atoms with Gasteiger partial charge in [0.05, 0.1) is 11.9 Å². The molecule has 0 atom stereocenters. The molecular weight excluding hydrogens is 542 g/mol. The number of anilines is 2. The fourth-order valence-corrected chi connectivity index (χ4v) is 2.15. The molecule has 0 radical (unpaired) electrons. The van der Waals surface area contributed by atoms with Crippen LogP contribution in [0.4, 0.5) is 11.4 Å². The number of carbonyl (C=O) groups is 1. The summed E-state index contributed by atoms with van der Waals surface area (Å²) in [6, 6.07) is 10.6. The number of alkyl halides is 2. The molecule has 2 aromatic carbocycles. The normalized spacial score (nSPS) is 8.52. The zero-order chi connectivity index (χ0) is 19.8. The van der Waals surface area contributed by atoms with E-state index < -0.39 is 0 Å². The zero-order valence-corrected chi connectivity index (χ0v) is 18.6. The maximum atomic E-state index is 10.3. The molecule has 0 unspecified atom stereocenters. The van der Waals surface area contributed by atoms with Crippen molar-refractivity contribution in [3.8, 4) is 0 Å². The zero-order valence-electron chi connectivity index (χ0n) is 12.8. The number of nitrogen functional groups attached to an aromatic ring is 2. The number of aliphatic hydroxyl groups is 1. The third kappa shape index (κ3) is 12.5. The van der Waals surface area contributed by atoms with Gasteiger partial charge in [-0.3, -0.25) is 4.79 Å². The topological polar surface area (TPSA) is 106 Å². The van der Waals surface area contributed by atoms with Crippen molar-refractivity contribution in [3.63, 3.8) is 0 Å². The Morgan fingerprint density at radius 1 is 1.00 bits per heavy atom. The number of aliphatic hydroxyl groups excluding tert-OH is 1. The molecule has 10 heteroatoms. The molecule has 0 aliphatic rings. The van der Waals surface area contributed by atoms with Gasteiger partial charge >= 0.3 is 19.8 Å². The van der Waals surface area contributed by atoms with E-state index >= 15 is 0 Å². The van der Waals surface area contributed by atoms with E-state index in [-0.39, 0.29) is 11.9 Å². The van der Waals surface area contributed by atoms with E-state index in [0.29, 0.717) is 16.9 Å². The first-order valence-electron chi connectivity index (χ1n) is 6.31. The Hall–Kier alpha value is -0.471. The van der Waals surface area contributed by atoms with Crippen LogP contribution >= 0.6 is 55.1 Å². The summed E-state index contributed by atoms with van der Waals surface area (Å²) in [4.78, 5) is 10.3. The Labute approximate surface area is 181 Å².